The Hall–Kier alpha value is -1.48. The molecule has 0 aliphatic carbocycles. The van der Waals surface area contributed by atoms with Crippen LogP contribution in [0.4, 0.5) is 0 Å². The highest BCUT2D eigenvalue weighted by Gasteiger charge is 2.43. The van der Waals surface area contributed by atoms with E-state index in [9.17, 15) is 15.3 Å². The summed E-state index contributed by atoms with van der Waals surface area (Å²) in [6.07, 6.45) is -2.74. The fourth-order valence-corrected chi connectivity index (χ4v) is 2.25. The fourth-order valence-electron chi connectivity index (χ4n) is 2.25. The average Bonchev–Trinajstić information content (AvgIpc) is 2.59. The zero-order valence-electron chi connectivity index (χ0n) is 12.8. The summed E-state index contributed by atoms with van der Waals surface area (Å²) in [4.78, 5) is 0. The minimum Gasteiger partial charge on any atom is -0.497 e. The third-order valence-electron chi connectivity index (χ3n) is 3.63. The molecule has 1 aliphatic rings. The van der Waals surface area contributed by atoms with Gasteiger partial charge in [-0.3, -0.25) is 0 Å². The number of aliphatic hydroxyl groups excluding tert-OH is 4. The van der Waals surface area contributed by atoms with Gasteiger partial charge in [0.25, 0.3) is 0 Å². The molecule has 128 valence electrons. The second-order valence-electron chi connectivity index (χ2n) is 5.21. The lowest BCUT2D eigenvalue weighted by Gasteiger charge is -2.39. The number of aliphatic hydroxyl groups is 4. The van der Waals surface area contributed by atoms with Gasteiger partial charge < -0.3 is 34.6 Å². The van der Waals surface area contributed by atoms with Crippen molar-refractivity contribution in [1.82, 2.24) is 0 Å². The summed E-state index contributed by atoms with van der Waals surface area (Å²) in [7, 11) is 1.60. The predicted octanol–water partition coefficient (Wildman–Crippen LogP) is -0.475. The molecule has 7 heteroatoms. The van der Waals surface area contributed by atoms with Crippen molar-refractivity contribution in [2.45, 2.75) is 30.7 Å². The van der Waals surface area contributed by atoms with Gasteiger partial charge in [0.1, 0.15) is 30.2 Å². The van der Waals surface area contributed by atoms with Crippen molar-refractivity contribution in [3.05, 3.63) is 35.9 Å². The number of rotatable bonds is 6. The summed E-state index contributed by atoms with van der Waals surface area (Å²) in [6.45, 7) is -0.346. The average molecular weight is 326 g/mol. The molecule has 0 radical (unpaired) electrons. The predicted molar refractivity (Wildman–Crippen MR) is 81.7 cm³/mol. The number of methoxy groups -OCH3 is 1. The van der Waals surface area contributed by atoms with Crippen molar-refractivity contribution < 1.29 is 34.6 Å². The minimum absolute atomic E-state index is 0.134. The van der Waals surface area contributed by atoms with E-state index in [4.69, 9.17) is 19.3 Å². The molecule has 1 aromatic rings. The number of hydrogen-bond acceptors (Lipinski definition) is 7. The highest BCUT2D eigenvalue weighted by molar-refractivity contribution is 5.50. The summed E-state index contributed by atoms with van der Waals surface area (Å²) in [5, 5.41) is 38.2. The maximum Gasteiger partial charge on any atom is 0.187 e. The number of benzene rings is 1. The summed E-state index contributed by atoms with van der Waals surface area (Å²) in [5.74, 6) is 0.764. The summed E-state index contributed by atoms with van der Waals surface area (Å²) < 4.78 is 15.6. The van der Waals surface area contributed by atoms with Gasteiger partial charge >= 0.3 is 0 Å². The van der Waals surface area contributed by atoms with Crippen molar-refractivity contribution in [3.63, 3.8) is 0 Å². The Labute approximate surface area is 134 Å². The molecule has 2 rings (SSSR count). The molecule has 0 bridgehead atoms. The van der Waals surface area contributed by atoms with Crippen LogP contribution in [0.5, 0.6) is 5.75 Å². The van der Waals surface area contributed by atoms with Gasteiger partial charge in [-0.2, -0.15) is 0 Å². The standard InChI is InChI=1S/C16H22O7/c1-21-11-6-4-10(5-7-11)3-2-8-22-16-15(20)14(19)13(18)12(9-17)23-16/h2-7,12-20H,8-9H2,1H3/b3-2+/t12?,13-,14+,15-,16-/m1/s1. The van der Waals surface area contributed by atoms with Crippen molar-refractivity contribution >= 4 is 6.08 Å². The molecule has 0 aromatic heterocycles. The van der Waals surface area contributed by atoms with Crippen molar-refractivity contribution in [2.75, 3.05) is 20.3 Å². The second kappa shape index (κ2) is 8.39. The van der Waals surface area contributed by atoms with E-state index in [1.54, 1.807) is 13.2 Å². The zero-order valence-corrected chi connectivity index (χ0v) is 12.8. The van der Waals surface area contributed by atoms with E-state index in [0.717, 1.165) is 11.3 Å². The first-order valence-electron chi connectivity index (χ1n) is 7.29. The Morgan fingerprint density at radius 1 is 1.09 bits per heavy atom. The van der Waals surface area contributed by atoms with Crippen LogP contribution in [0.1, 0.15) is 5.56 Å². The minimum atomic E-state index is -1.43. The number of hydrogen-bond donors (Lipinski definition) is 4. The van der Waals surface area contributed by atoms with E-state index in [2.05, 4.69) is 0 Å². The zero-order chi connectivity index (χ0) is 16.8. The van der Waals surface area contributed by atoms with Gasteiger partial charge in [0, 0.05) is 0 Å². The SMILES string of the molecule is COc1ccc(/C=C/CO[C@@H]2OC(CO)[C@@H](O)[C@H](O)[C@H]2O)cc1. The van der Waals surface area contributed by atoms with E-state index in [-0.39, 0.29) is 6.61 Å². The highest BCUT2D eigenvalue weighted by atomic mass is 16.7. The highest BCUT2D eigenvalue weighted by Crippen LogP contribution is 2.22. The second-order valence-corrected chi connectivity index (χ2v) is 5.21. The van der Waals surface area contributed by atoms with Crippen LogP contribution in [0.2, 0.25) is 0 Å². The Bertz CT molecular complexity index is 500. The maximum atomic E-state index is 9.82. The largest absolute Gasteiger partial charge is 0.497 e. The molecule has 1 fully saturated rings. The van der Waals surface area contributed by atoms with Crippen LogP contribution >= 0.6 is 0 Å². The van der Waals surface area contributed by atoms with E-state index in [1.165, 1.54) is 0 Å². The molecular formula is C16H22O7. The van der Waals surface area contributed by atoms with E-state index >= 15 is 0 Å². The first kappa shape index (κ1) is 17.9. The Balaban J connectivity index is 1.85. The topological polar surface area (TPSA) is 109 Å². The van der Waals surface area contributed by atoms with Gasteiger partial charge in [-0.25, -0.2) is 0 Å². The summed E-state index contributed by atoms with van der Waals surface area (Å²) in [6, 6.07) is 7.42. The molecule has 23 heavy (non-hydrogen) atoms. The van der Waals surface area contributed by atoms with Gasteiger partial charge in [0.2, 0.25) is 0 Å². The molecular weight excluding hydrogens is 304 g/mol. The van der Waals surface area contributed by atoms with E-state index in [1.807, 2.05) is 30.3 Å². The van der Waals surface area contributed by atoms with Crippen LogP contribution in [0.3, 0.4) is 0 Å². The molecule has 1 aromatic carbocycles. The molecule has 7 nitrogen and oxygen atoms in total. The van der Waals surface area contributed by atoms with Gasteiger partial charge in [0.05, 0.1) is 20.3 Å². The quantitative estimate of drug-likeness (QED) is 0.559. The van der Waals surface area contributed by atoms with Crippen molar-refractivity contribution in [3.8, 4) is 5.75 Å². The normalized spacial score (nSPS) is 31.4. The van der Waals surface area contributed by atoms with Crippen LogP contribution in [-0.2, 0) is 9.47 Å². The Morgan fingerprint density at radius 2 is 1.78 bits per heavy atom. The van der Waals surface area contributed by atoms with Gasteiger partial charge in [-0.05, 0) is 17.7 Å². The van der Waals surface area contributed by atoms with Crippen molar-refractivity contribution in [2.24, 2.45) is 0 Å². The number of ether oxygens (including phenoxy) is 3. The van der Waals surface area contributed by atoms with Gasteiger partial charge in [-0.1, -0.05) is 24.3 Å². The fraction of sp³-hybridized carbons (Fsp3) is 0.500. The maximum absolute atomic E-state index is 9.82. The smallest absolute Gasteiger partial charge is 0.187 e. The van der Waals surface area contributed by atoms with Crippen LogP contribution < -0.4 is 4.74 Å². The molecule has 0 saturated carbocycles. The van der Waals surface area contributed by atoms with Gasteiger partial charge in [0.15, 0.2) is 6.29 Å². The van der Waals surface area contributed by atoms with Crippen LogP contribution in [0.25, 0.3) is 6.08 Å². The first-order valence-corrected chi connectivity index (χ1v) is 7.29. The Kier molecular flexibility index (Phi) is 6.52. The molecule has 1 saturated heterocycles. The molecule has 0 spiro atoms. The van der Waals surface area contributed by atoms with Crippen LogP contribution in [0.15, 0.2) is 30.3 Å². The van der Waals surface area contributed by atoms with Crippen molar-refractivity contribution in [1.29, 1.82) is 0 Å². The molecule has 1 unspecified atom stereocenters. The van der Waals surface area contributed by atoms with Crippen LogP contribution in [-0.4, -0.2) is 71.5 Å². The lowest BCUT2D eigenvalue weighted by molar-refractivity contribution is -0.298. The molecule has 0 amide bonds. The molecule has 1 heterocycles. The first-order chi connectivity index (χ1) is 11.1. The third-order valence-corrected chi connectivity index (χ3v) is 3.63. The molecule has 5 atom stereocenters. The third kappa shape index (κ3) is 4.51. The van der Waals surface area contributed by atoms with Gasteiger partial charge in [-0.15, -0.1) is 0 Å². The van der Waals surface area contributed by atoms with E-state index < -0.39 is 37.3 Å². The molecule has 4 N–H and O–H groups in total. The van der Waals surface area contributed by atoms with E-state index in [0.29, 0.717) is 0 Å². The lowest BCUT2D eigenvalue weighted by atomic mass is 9.99. The molecule has 1 aliphatic heterocycles. The summed E-state index contributed by atoms with van der Waals surface area (Å²) in [5.41, 5.74) is 0.947. The monoisotopic (exact) mass is 326 g/mol. The van der Waals surface area contributed by atoms with Crippen LogP contribution in [0, 0.1) is 0 Å². The summed E-state index contributed by atoms with van der Waals surface area (Å²) >= 11 is 0. The Morgan fingerprint density at radius 3 is 2.39 bits per heavy atom. The lowest BCUT2D eigenvalue weighted by Crippen LogP contribution is -2.59.